The van der Waals surface area contributed by atoms with Crippen LogP contribution in [0.4, 0.5) is 9.18 Å². The van der Waals surface area contributed by atoms with Crippen LogP contribution in [-0.4, -0.2) is 47.6 Å². The molecule has 1 aliphatic carbocycles. The van der Waals surface area contributed by atoms with E-state index in [2.05, 4.69) is 10.3 Å². The van der Waals surface area contributed by atoms with E-state index in [1.165, 1.54) is 6.07 Å². The van der Waals surface area contributed by atoms with Gasteiger partial charge in [-0.05, 0) is 62.8 Å². The lowest BCUT2D eigenvalue weighted by Crippen LogP contribution is -2.48. The number of aromatic amines is 1. The molecule has 2 N–H and O–H groups in total. The number of rotatable bonds is 3. The third kappa shape index (κ3) is 3.70. The van der Waals surface area contributed by atoms with Crippen LogP contribution in [0.1, 0.15) is 37.4 Å². The summed E-state index contributed by atoms with van der Waals surface area (Å²) in [6.45, 7) is 3.36. The van der Waals surface area contributed by atoms with E-state index in [4.69, 9.17) is 4.74 Å². The number of halogens is 1. The second-order valence-electron chi connectivity index (χ2n) is 7.68. The van der Waals surface area contributed by atoms with Gasteiger partial charge in [0, 0.05) is 41.6 Å². The maximum absolute atomic E-state index is 13.7. The maximum atomic E-state index is 13.7. The van der Waals surface area contributed by atoms with Crippen molar-refractivity contribution in [1.29, 1.82) is 0 Å². The summed E-state index contributed by atoms with van der Waals surface area (Å²) < 4.78 is 18.7. The first-order chi connectivity index (χ1) is 13.5. The summed E-state index contributed by atoms with van der Waals surface area (Å²) >= 11 is 0. The molecule has 4 rings (SSSR count). The van der Waals surface area contributed by atoms with Crippen molar-refractivity contribution in [3.63, 3.8) is 0 Å². The van der Waals surface area contributed by atoms with Gasteiger partial charge in [-0.25, -0.2) is 9.18 Å². The average molecular weight is 387 g/mol. The molecular weight excluding hydrogens is 361 g/mol. The van der Waals surface area contributed by atoms with Crippen molar-refractivity contribution in [1.82, 2.24) is 15.2 Å². The first kappa shape index (κ1) is 18.8. The lowest BCUT2D eigenvalue weighted by molar-refractivity contribution is -0.126. The molecule has 1 aliphatic heterocycles. The predicted octanol–water partition coefficient (Wildman–Crippen LogP) is 3.15. The zero-order chi connectivity index (χ0) is 19.7. The number of carbonyl (C=O) groups is 2. The summed E-state index contributed by atoms with van der Waals surface area (Å²) in [7, 11) is 0. The fourth-order valence-corrected chi connectivity index (χ4v) is 4.35. The Morgan fingerprint density at radius 1 is 1.29 bits per heavy atom. The van der Waals surface area contributed by atoms with Crippen LogP contribution in [0.3, 0.4) is 0 Å². The molecule has 1 unspecified atom stereocenters. The number of aryl methyl sites for hydroxylation is 1. The van der Waals surface area contributed by atoms with Crippen LogP contribution in [0.5, 0.6) is 0 Å². The minimum Gasteiger partial charge on any atom is -0.450 e. The van der Waals surface area contributed by atoms with Gasteiger partial charge in [0.2, 0.25) is 5.91 Å². The zero-order valence-corrected chi connectivity index (χ0v) is 16.1. The smallest absolute Gasteiger partial charge is 0.409 e. The minimum atomic E-state index is -0.279. The van der Waals surface area contributed by atoms with E-state index in [9.17, 15) is 14.0 Å². The number of benzene rings is 1. The van der Waals surface area contributed by atoms with Crippen LogP contribution in [-0.2, 0) is 22.4 Å². The lowest BCUT2D eigenvalue weighted by Gasteiger charge is -2.32. The van der Waals surface area contributed by atoms with E-state index in [-0.39, 0.29) is 29.8 Å². The second kappa shape index (κ2) is 7.81. The lowest BCUT2D eigenvalue weighted by atomic mass is 9.85. The van der Waals surface area contributed by atoms with Crippen molar-refractivity contribution in [3.8, 4) is 0 Å². The van der Waals surface area contributed by atoms with Crippen LogP contribution in [0.2, 0.25) is 0 Å². The van der Waals surface area contributed by atoms with Crippen LogP contribution in [0, 0.1) is 11.7 Å². The van der Waals surface area contributed by atoms with Crippen molar-refractivity contribution in [2.75, 3.05) is 19.7 Å². The van der Waals surface area contributed by atoms with Gasteiger partial charge in [0.1, 0.15) is 5.82 Å². The summed E-state index contributed by atoms with van der Waals surface area (Å²) in [5.74, 6) is -0.293. The van der Waals surface area contributed by atoms with Gasteiger partial charge in [0.15, 0.2) is 0 Å². The number of ether oxygens (including phenoxy) is 1. The molecule has 28 heavy (non-hydrogen) atoms. The molecular formula is C21H26FN3O3. The highest BCUT2D eigenvalue weighted by Crippen LogP contribution is 2.32. The summed E-state index contributed by atoms with van der Waals surface area (Å²) in [6, 6.07) is 4.85. The molecule has 0 spiro atoms. The van der Waals surface area contributed by atoms with Crippen LogP contribution < -0.4 is 5.32 Å². The van der Waals surface area contributed by atoms with Crippen LogP contribution in [0.15, 0.2) is 18.2 Å². The molecule has 1 aromatic carbocycles. The minimum absolute atomic E-state index is 0.0611. The number of aromatic nitrogens is 1. The Kier molecular flexibility index (Phi) is 5.24. The van der Waals surface area contributed by atoms with Gasteiger partial charge in [-0.1, -0.05) is 0 Å². The summed E-state index contributed by atoms with van der Waals surface area (Å²) in [6.07, 6.45) is 3.41. The fourth-order valence-electron chi connectivity index (χ4n) is 4.35. The Balaban J connectivity index is 1.36. The molecule has 1 fully saturated rings. The third-order valence-electron chi connectivity index (χ3n) is 5.89. The Morgan fingerprint density at radius 2 is 2.07 bits per heavy atom. The number of hydrogen-bond donors (Lipinski definition) is 2. The topological polar surface area (TPSA) is 74.4 Å². The number of H-pyrrole nitrogens is 1. The summed E-state index contributed by atoms with van der Waals surface area (Å²) in [4.78, 5) is 29.7. The van der Waals surface area contributed by atoms with Gasteiger partial charge < -0.3 is 19.9 Å². The number of piperidine rings is 1. The fraction of sp³-hybridized carbons (Fsp3) is 0.524. The molecule has 2 aliphatic rings. The standard InChI is InChI=1S/C21H26FN3O3/c1-2-28-21(27)25-9-7-15(8-10-25)23-20(26)13-3-5-18-16(11-13)17-12-14(22)4-6-19(17)24-18/h4,6,12-13,15,24H,2-3,5,7-11H2,1H3,(H,23,26). The number of carbonyl (C=O) groups excluding carboxylic acids is 2. The van der Waals surface area contributed by atoms with Gasteiger partial charge in [0.05, 0.1) is 6.61 Å². The normalized spacial score (nSPS) is 20.1. The average Bonchev–Trinajstić information content (AvgIpc) is 3.05. The monoisotopic (exact) mass is 387 g/mol. The van der Waals surface area contributed by atoms with Crippen molar-refractivity contribution in [3.05, 3.63) is 35.3 Å². The highest BCUT2D eigenvalue weighted by Gasteiger charge is 2.30. The first-order valence-corrected chi connectivity index (χ1v) is 10.1. The van der Waals surface area contributed by atoms with Crippen molar-refractivity contribution < 1.29 is 18.7 Å². The number of hydrogen-bond acceptors (Lipinski definition) is 3. The van der Waals surface area contributed by atoms with E-state index in [0.29, 0.717) is 26.1 Å². The quantitative estimate of drug-likeness (QED) is 0.850. The van der Waals surface area contributed by atoms with Gasteiger partial charge in [-0.15, -0.1) is 0 Å². The van der Waals surface area contributed by atoms with E-state index < -0.39 is 0 Å². The van der Waals surface area contributed by atoms with Gasteiger partial charge in [0.25, 0.3) is 0 Å². The Labute approximate surface area is 163 Å². The van der Waals surface area contributed by atoms with Crippen LogP contribution >= 0.6 is 0 Å². The largest absolute Gasteiger partial charge is 0.450 e. The molecule has 150 valence electrons. The molecule has 6 nitrogen and oxygen atoms in total. The van der Waals surface area contributed by atoms with E-state index in [1.54, 1.807) is 24.0 Å². The first-order valence-electron chi connectivity index (χ1n) is 10.1. The highest BCUT2D eigenvalue weighted by atomic mass is 19.1. The van der Waals surface area contributed by atoms with Gasteiger partial charge >= 0.3 is 6.09 Å². The second-order valence-corrected chi connectivity index (χ2v) is 7.68. The number of likely N-dealkylation sites (tertiary alicyclic amines) is 1. The van der Waals surface area contributed by atoms with Gasteiger partial charge in [-0.2, -0.15) is 0 Å². The summed E-state index contributed by atoms with van der Waals surface area (Å²) in [5, 5.41) is 4.04. The Bertz CT molecular complexity index is 886. The Morgan fingerprint density at radius 3 is 2.82 bits per heavy atom. The number of amides is 2. The Hall–Kier alpha value is -2.57. The molecule has 1 atom stereocenters. The molecule has 2 amide bonds. The molecule has 0 radical (unpaired) electrons. The van der Waals surface area contributed by atoms with Crippen molar-refractivity contribution in [2.45, 2.75) is 45.1 Å². The third-order valence-corrected chi connectivity index (χ3v) is 5.89. The molecule has 0 bridgehead atoms. The van der Waals surface area contributed by atoms with E-state index in [0.717, 1.165) is 47.8 Å². The molecule has 1 aromatic heterocycles. The molecule has 2 aromatic rings. The SMILES string of the molecule is CCOC(=O)N1CCC(NC(=O)C2CCc3[nH]c4ccc(F)cc4c3C2)CC1. The number of nitrogens with one attached hydrogen (secondary N) is 2. The summed E-state index contributed by atoms with van der Waals surface area (Å²) in [5.41, 5.74) is 3.12. The molecule has 1 saturated heterocycles. The van der Waals surface area contributed by atoms with Crippen molar-refractivity contribution >= 4 is 22.9 Å². The maximum Gasteiger partial charge on any atom is 0.409 e. The molecule has 2 heterocycles. The number of fused-ring (bicyclic) bond motifs is 3. The van der Waals surface area contributed by atoms with Crippen LogP contribution in [0.25, 0.3) is 10.9 Å². The molecule has 0 saturated carbocycles. The highest BCUT2D eigenvalue weighted by molar-refractivity contribution is 5.87. The van der Waals surface area contributed by atoms with E-state index in [1.807, 2.05) is 0 Å². The van der Waals surface area contributed by atoms with Gasteiger partial charge in [-0.3, -0.25) is 4.79 Å². The van der Waals surface area contributed by atoms with E-state index >= 15 is 0 Å². The van der Waals surface area contributed by atoms with Crippen molar-refractivity contribution in [2.24, 2.45) is 5.92 Å². The molecule has 7 heteroatoms. The number of nitrogens with zero attached hydrogens (tertiary/aromatic N) is 1. The predicted molar refractivity (Wildman–Crippen MR) is 104 cm³/mol. The zero-order valence-electron chi connectivity index (χ0n) is 16.1.